The largest absolute Gasteiger partial charge is 0.396 e. The van der Waals surface area contributed by atoms with Gasteiger partial charge in [0.05, 0.1) is 38.1 Å². The molecule has 24 heavy (non-hydrogen) atoms. The van der Waals surface area contributed by atoms with E-state index < -0.39 is 0 Å². The maximum absolute atomic E-state index is 9.73. The second kappa shape index (κ2) is 8.45. The first-order valence-electron chi connectivity index (χ1n) is 9.68. The monoisotopic (exact) mass is 342 g/mol. The van der Waals surface area contributed by atoms with Crippen molar-refractivity contribution in [3.8, 4) is 0 Å². The van der Waals surface area contributed by atoms with Crippen LogP contribution in [0.5, 0.6) is 0 Å². The zero-order valence-corrected chi connectivity index (χ0v) is 15.0. The summed E-state index contributed by atoms with van der Waals surface area (Å²) in [6.07, 6.45) is 8.35. The molecular formula is C19H34O5. The van der Waals surface area contributed by atoms with Crippen LogP contribution in [0.25, 0.3) is 0 Å². The number of epoxide rings is 1. The molecule has 5 heteroatoms. The highest BCUT2D eigenvalue weighted by molar-refractivity contribution is 4.91. The predicted octanol–water partition coefficient (Wildman–Crippen LogP) is 2.14. The first kappa shape index (κ1) is 18.6. The fourth-order valence-electron chi connectivity index (χ4n) is 4.13. The van der Waals surface area contributed by atoms with Crippen LogP contribution >= 0.6 is 0 Å². The molecule has 3 fully saturated rings. The quantitative estimate of drug-likeness (QED) is 0.628. The van der Waals surface area contributed by atoms with Gasteiger partial charge in [0.25, 0.3) is 0 Å². The Balaban J connectivity index is 1.31. The molecule has 3 rings (SSSR count). The van der Waals surface area contributed by atoms with Crippen molar-refractivity contribution in [1.82, 2.24) is 0 Å². The van der Waals surface area contributed by atoms with E-state index in [0.717, 1.165) is 38.7 Å². The molecule has 6 unspecified atom stereocenters. The molecule has 3 aliphatic rings. The number of aliphatic hydroxyl groups is 2. The molecule has 1 saturated heterocycles. The van der Waals surface area contributed by atoms with Crippen LogP contribution in [-0.2, 0) is 14.2 Å². The third-order valence-electron chi connectivity index (χ3n) is 5.86. The van der Waals surface area contributed by atoms with Crippen molar-refractivity contribution >= 4 is 0 Å². The summed E-state index contributed by atoms with van der Waals surface area (Å²) in [5.41, 5.74) is -0.347. The minimum Gasteiger partial charge on any atom is -0.396 e. The van der Waals surface area contributed by atoms with Gasteiger partial charge in [0.2, 0.25) is 0 Å². The van der Waals surface area contributed by atoms with Crippen molar-refractivity contribution < 1.29 is 24.4 Å². The molecule has 5 nitrogen and oxygen atoms in total. The lowest BCUT2D eigenvalue weighted by atomic mass is 9.88. The van der Waals surface area contributed by atoms with Gasteiger partial charge in [0.15, 0.2) is 0 Å². The number of ether oxygens (including phenoxy) is 3. The van der Waals surface area contributed by atoms with Crippen LogP contribution in [0.3, 0.4) is 0 Å². The van der Waals surface area contributed by atoms with Crippen LogP contribution in [-0.4, -0.2) is 61.6 Å². The normalized spacial score (nSPS) is 38.4. The van der Waals surface area contributed by atoms with E-state index >= 15 is 0 Å². The molecule has 0 aromatic heterocycles. The molecular weight excluding hydrogens is 308 g/mol. The first-order chi connectivity index (χ1) is 11.6. The summed E-state index contributed by atoms with van der Waals surface area (Å²) in [5, 5.41) is 19.5. The fraction of sp³-hybridized carbons (Fsp3) is 1.00. The third-order valence-corrected chi connectivity index (χ3v) is 5.86. The van der Waals surface area contributed by atoms with Gasteiger partial charge in [-0.05, 0) is 50.4 Å². The third kappa shape index (κ3) is 5.40. The van der Waals surface area contributed by atoms with E-state index in [1.807, 2.05) is 6.92 Å². The number of fused-ring (bicyclic) bond motifs is 1. The maximum Gasteiger partial charge on any atom is 0.0845 e. The van der Waals surface area contributed by atoms with Crippen LogP contribution in [0.4, 0.5) is 0 Å². The predicted molar refractivity (Wildman–Crippen MR) is 90.8 cm³/mol. The summed E-state index contributed by atoms with van der Waals surface area (Å²) in [5.74, 6) is 1.05. The van der Waals surface area contributed by atoms with Crippen molar-refractivity contribution in [3.63, 3.8) is 0 Å². The van der Waals surface area contributed by atoms with E-state index in [1.54, 1.807) is 0 Å². The Morgan fingerprint density at radius 3 is 2.29 bits per heavy atom. The molecule has 0 amide bonds. The summed E-state index contributed by atoms with van der Waals surface area (Å²) >= 11 is 0. The van der Waals surface area contributed by atoms with Crippen LogP contribution in [0.15, 0.2) is 0 Å². The van der Waals surface area contributed by atoms with E-state index in [9.17, 15) is 10.2 Å². The van der Waals surface area contributed by atoms with Gasteiger partial charge < -0.3 is 24.4 Å². The van der Waals surface area contributed by atoms with Crippen LogP contribution in [0, 0.1) is 17.3 Å². The molecule has 1 heterocycles. The van der Waals surface area contributed by atoms with Gasteiger partial charge in [0, 0.05) is 18.6 Å². The fourth-order valence-corrected chi connectivity index (χ4v) is 4.13. The molecule has 2 saturated carbocycles. The molecule has 0 spiro atoms. The molecule has 0 bridgehead atoms. The van der Waals surface area contributed by atoms with Crippen LogP contribution < -0.4 is 0 Å². The Bertz CT molecular complexity index is 376. The van der Waals surface area contributed by atoms with Gasteiger partial charge in [0.1, 0.15) is 0 Å². The lowest BCUT2D eigenvalue weighted by Crippen LogP contribution is -2.35. The zero-order chi connectivity index (χ0) is 17.0. The standard InChI is InChI=1S/C19H34O5/c1-19(11-20,12-22-9-14-3-2-4-16(21)7-14)13-23-10-15-5-6-17-18(8-15)24-17/h14-18,20-21H,2-13H2,1H3. The lowest BCUT2D eigenvalue weighted by Gasteiger charge is -2.30. The molecule has 2 N–H and O–H groups in total. The first-order valence-corrected chi connectivity index (χ1v) is 9.68. The Morgan fingerprint density at radius 1 is 0.958 bits per heavy atom. The van der Waals surface area contributed by atoms with Gasteiger partial charge in [-0.1, -0.05) is 13.3 Å². The van der Waals surface area contributed by atoms with Gasteiger partial charge in [-0.3, -0.25) is 0 Å². The van der Waals surface area contributed by atoms with E-state index in [0.29, 0.717) is 43.9 Å². The maximum atomic E-state index is 9.73. The Labute approximate surface area is 145 Å². The summed E-state index contributed by atoms with van der Waals surface area (Å²) in [6.45, 7) is 4.56. The lowest BCUT2D eigenvalue weighted by molar-refractivity contribution is -0.0597. The van der Waals surface area contributed by atoms with Crippen molar-refractivity contribution in [1.29, 1.82) is 0 Å². The molecule has 140 valence electrons. The minimum absolute atomic E-state index is 0.0682. The number of rotatable bonds is 9. The average molecular weight is 342 g/mol. The van der Waals surface area contributed by atoms with Crippen molar-refractivity contribution in [3.05, 3.63) is 0 Å². The highest BCUT2D eigenvalue weighted by Gasteiger charge is 2.43. The number of aliphatic hydroxyl groups excluding tert-OH is 2. The molecule has 0 aromatic carbocycles. The van der Waals surface area contributed by atoms with Gasteiger partial charge in [-0.25, -0.2) is 0 Å². The molecule has 1 aliphatic heterocycles. The number of hydrogen-bond acceptors (Lipinski definition) is 5. The molecule has 0 radical (unpaired) electrons. The smallest absolute Gasteiger partial charge is 0.0845 e. The average Bonchev–Trinajstić information content (AvgIpc) is 3.34. The summed E-state index contributed by atoms with van der Waals surface area (Å²) < 4.78 is 17.4. The summed E-state index contributed by atoms with van der Waals surface area (Å²) in [6, 6.07) is 0. The highest BCUT2D eigenvalue weighted by atomic mass is 16.6. The second-order valence-electron chi connectivity index (χ2n) is 8.58. The van der Waals surface area contributed by atoms with Crippen molar-refractivity contribution in [2.45, 2.75) is 70.2 Å². The second-order valence-corrected chi connectivity index (χ2v) is 8.58. The number of hydrogen-bond donors (Lipinski definition) is 2. The summed E-state index contributed by atoms with van der Waals surface area (Å²) in [7, 11) is 0. The topological polar surface area (TPSA) is 71.5 Å². The van der Waals surface area contributed by atoms with Gasteiger partial charge in [-0.15, -0.1) is 0 Å². The van der Waals surface area contributed by atoms with E-state index in [4.69, 9.17) is 14.2 Å². The van der Waals surface area contributed by atoms with Crippen LogP contribution in [0.1, 0.15) is 51.9 Å². The molecule has 6 atom stereocenters. The van der Waals surface area contributed by atoms with Gasteiger partial charge >= 0.3 is 0 Å². The zero-order valence-electron chi connectivity index (χ0n) is 15.0. The van der Waals surface area contributed by atoms with Gasteiger partial charge in [-0.2, -0.15) is 0 Å². The molecule has 0 aromatic rings. The Hall–Kier alpha value is -0.200. The van der Waals surface area contributed by atoms with Crippen molar-refractivity contribution in [2.75, 3.05) is 33.0 Å². The Kier molecular flexibility index (Phi) is 6.55. The summed E-state index contributed by atoms with van der Waals surface area (Å²) in [4.78, 5) is 0. The highest BCUT2D eigenvalue weighted by Crippen LogP contribution is 2.39. The van der Waals surface area contributed by atoms with Crippen molar-refractivity contribution in [2.24, 2.45) is 17.3 Å². The SMILES string of the molecule is CC(CO)(COCC1CCCC(O)C1)COCC1CCC2OC2C1. The Morgan fingerprint density at radius 2 is 1.67 bits per heavy atom. The molecule has 2 aliphatic carbocycles. The van der Waals surface area contributed by atoms with E-state index in [2.05, 4.69) is 0 Å². The van der Waals surface area contributed by atoms with E-state index in [-0.39, 0.29) is 18.1 Å². The van der Waals surface area contributed by atoms with E-state index in [1.165, 1.54) is 12.8 Å². The minimum atomic E-state index is -0.347. The van der Waals surface area contributed by atoms with Crippen LogP contribution in [0.2, 0.25) is 0 Å².